The van der Waals surface area contributed by atoms with Crippen molar-refractivity contribution in [2.75, 3.05) is 0 Å². The van der Waals surface area contributed by atoms with E-state index < -0.39 is 16.4 Å². The van der Waals surface area contributed by atoms with Crippen molar-refractivity contribution in [1.82, 2.24) is 15.0 Å². The average Bonchev–Trinajstić information content (AvgIpc) is 3.01. The molecule has 2 aliphatic carbocycles. The van der Waals surface area contributed by atoms with Gasteiger partial charge in [-0.2, -0.15) is 5.10 Å². The first-order chi connectivity index (χ1) is 13.6. The first-order valence-corrected chi connectivity index (χ1v) is 9.63. The third kappa shape index (κ3) is 2.92. The molecule has 29 heavy (non-hydrogen) atoms. The van der Waals surface area contributed by atoms with Crippen LogP contribution in [0.5, 0.6) is 0 Å². The van der Waals surface area contributed by atoms with Crippen molar-refractivity contribution in [3.05, 3.63) is 45.0 Å². The molecule has 2 aliphatic rings. The van der Waals surface area contributed by atoms with E-state index in [4.69, 9.17) is 0 Å². The lowest BCUT2D eigenvalue weighted by Gasteiger charge is -2.34. The number of nitrogens with one attached hydrogen (secondary N) is 1. The van der Waals surface area contributed by atoms with Gasteiger partial charge in [-0.15, -0.1) is 0 Å². The predicted octanol–water partition coefficient (Wildman–Crippen LogP) is 2.62. The zero-order valence-electron chi connectivity index (χ0n) is 16.6. The van der Waals surface area contributed by atoms with E-state index in [1.165, 1.54) is 30.9 Å². The summed E-state index contributed by atoms with van der Waals surface area (Å²) in [6.45, 7) is 6.46. The Hall–Kier alpha value is -3.10. The topological polar surface area (TPSA) is 119 Å². The van der Waals surface area contributed by atoms with Crippen LogP contribution in [0.15, 0.2) is 34.4 Å². The molecule has 2 saturated carbocycles. The second-order valence-corrected chi connectivity index (χ2v) is 8.72. The van der Waals surface area contributed by atoms with Gasteiger partial charge in [-0.1, -0.05) is 20.8 Å². The minimum atomic E-state index is -0.573. The molecular weight excluding hydrogens is 374 g/mol. The van der Waals surface area contributed by atoms with Crippen LogP contribution in [0, 0.1) is 26.9 Å². The maximum atomic E-state index is 12.6. The zero-order valence-corrected chi connectivity index (χ0v) is 16.6. The van der Waals surface area contributed by atoms with Gasteiger partial charge < -0.3 is 0 Å². The molecule has 1 aromatic carbocycles. The Morgan fingerprint density at radius 1 is 1.41 bits per heavy atom. The molecule has 2 unspecified atom stereocenters. The lowest BCUT2D eigenvalue weighted by atomic mass is 9.70. The van der Waals surface area contributed by atoms with E-state index in [9.17, 15) is 19.7 Å². The van der Waals surface area contributed by atoms with Crippen LogP contribution in [0.1, 0.15) is 40.0 Å². The molecule has 2 atom stereocenters. The van der Waals surface area contributed by atoms with Gasteiger partial charge in [0.1, 0.15) is 6.54 Å². The molecule has 1 heterocycles. The molecule has 0 spiro atoms. The monoisotopic (exact) mass is 397 g/mol. The van der Waals surface area contributed by atoms with E-state index in [1.807, 2.05) is 0 Å². The Labute approximate surface area is 167 Å². The van der Waals surface area contributed by atoms with Crippen LogP contribution < -0.4 is 11.0 Å². The molecule has 4 rings (SSSR count). The molecule has 152 valence electrons. The molecule has 1 amide bonds. The highest BCUT2D eigenvalue weighted by Gasteiger charge is 2.60. The Morgan fingerprint density at radius 3 is 2.79 bits per heavy atom. The Morgan fingerprint density at radius 2 is 2.17 bits per heavy atom. The second kappa shape index (κ2) is 6.47. The van der Waals surface area contributed by atoms with Crippen LogP contribution in [0.4, 0.5) is 5.69 Å². The molecule has 1 N–H and O–H groups in total. The normalized spacial score (nSPS) is 26.2. The largest absolute Gasteiger partial charge is 0.289 e. The van der Waals surface area contributed by atoms with Gasteiger partial charge >= 0.3 is 0 Å². The smallest absolute Gasteiger partial charge is 0.270 e. The van der Waals surface area contributed by atoms with Gasteiger partial charge in [0, 0.05) is 23.3 Å². The number of hydrogen-bond acceptors (Lipinski definition) is 6. The number of nitrogens with zero attached hydrogens (tertiary/aromatic N) is 4. The van der Waals surface area contributed by atoms with E-state index in [0.717, 1.165) is 23.1 Å². The highest BCUT2D eigenvalue weighted by atomic mass is 16.6. The number of carbonyl (C=O) groups is 1. The summed E-state index contributed by atoms with van der Waals surface area (Å²) in [6.07, 6.45) is 4.39. The number of non-ortho nitro benzene ring substituents is 1. The summed E-state index contributed by atoms with van der Waals surface area (Å²) in [7, 11) is 0. The van der Waals surface area contributed by atoms with Crippen LogP contribution in [-0.2, 0) is 11.3 Å². The molecule has 1 aromatic heterocycles. The molecule has 2 aromatic rings. The number of nitro groups is 1. The maximum Gasteiger partial charge on any atom is 0.270 e. The summed E-state index contributed by atoms with van der Waals surface area (Å²) in [5.74, 6) is 0.140. The number of nitro benzene ring substituents is 1. The molecule has 2 bridgehead atoms. The molecule has 2 fully saturated rings. The van der Waals surface area contributed by atoms with Crippen LogP contribution in [0.2, 0.25) is 0 Å². The average molecular weight is 397 g/mol. The molecule has 9 heteroatoms. The van der Waals surface area contributed by atoms with Crippen molar-refractivity contribution in [3.63, 3.8) is 0 Å². The summed E-state index contributed by atoms with van der Waals surface area (Å²) in [5.41, 5.74) is 3.36. The van der Waals surface area contributed by atoms with Gasteiger partial charge in [0.15, 0.2) is 0 Å². The highest BCUT2D eigenvalue weighted by molar-refractivity contribution is 5.95. The lowest BCUT2D eigenvalue weighted by Crippen LogP contribution is -2.35. The standard InChI is InChI=1S/C20H23N5O4/c1-19(2)12-6-7-20(19,3)16(8-12)22-23-17(26)10-24-11-21-15-5-4-13(25(28)29)9-14(15)18(24)27/h4-5,9,11-12H,6-8,10H2,1-3H3,(H,23,26)/b22-16-. The fourth-order valence-electron chi connectivity index (χ4n) is 4.79. The summed E-state index contributed by atoms with van der Waals surface area (Å²) < 4.78 is 1.13. The molecule has 9 nitrogen and oxygen atoms in total. The molecular formula is C20H23N5O4. The van der Waals surface area contributed by atoms with Crippen LogP contribution >= 0.6 is 0 Å². The van der Waals surface area contributed by atoms with Crippen molar-refractivity contribution < 1.29 is 9.72 Å². The van der Waals surface area contributed by atoms with Gasteiger partial charge in [-0.05, 0) is 36.7 Å². The number of fused-ring (bicyclic) bond motifs is 3. The van der Waals surface area contributed by atoms with Crippen molar-refractivity contribution in [2.24, 2.45) is 21.8 Å². The van der Waals surface area contributed by atoms with Crippen molar-refractivity contribution in [3.8, 4) is 0 Å². The predicted molar refractivity (Wildman–Crippen MR) is 107 cm³/mol. The van der Waals surface area contributed by atoms with E-state index in [-0.39, 0.29) is 28.4 Å². The molecule has 0 saturated heterocycles. The number of aromatic nitrogens is 2. The second-order valence-electron chi connectivity index (χ2n) is 8.72. The molecule has 0 radical (unpaired) electrons. The fourth-order valence-corrected chi connectivity index (χ4v) is 4.79. The Balaban J connectivity index is 1.53. The van der Waals surface area contributed by atoms with Crippen molar-refractivity contribution in [2.45, 2.75) is 46.6 Å². The van der Waals surface area contributed by atoms with Crippen LogP contribution in [0.25, 0.3) is 10.9 Å². The fraction of sp³-hybridized carbons (Fsp3) is 0.500. The number of hydrogen-bond donors (Lipinski definition) is 1. The van der Waals surface area contributed by atoms with Gasteiger partial charge in [0.25, 0.3) is 17.2 Å². The third-order valence-electron chi connectivity index (χ3n) is 7.16. The first kappa shape index (κ1) is 19.2. The summed E-state index contributed by atoms with van der Waals surface area (Å²) in [5, 5.41) is 15.4. The Bertz CT molecular complexity index is 1120. The first-order valence-electron chi connectivity index (χ1n) is 9.63. The van der Waals surface area contributed by atoms with E-state index in [2.05, 4.69) is 36.3 Å². The van der Waals surface area contributed by atoms with Gasteiger partial charge in [0.05, 0.1) is 22.2 Å². The lowest BCUT2D eigenvalue weighted by molar-refractivity contribution is -0.384. The maximum absolute atomic E-state index is 12.6. The Kier molecular flexibility index (Phi) is 4.29. The van der Waals surface area contributed by atoms with Gasteiger partial charge in [0.2, 0.25) is 0 Å². The highest BCUT2D eigenvalue weighted by Crippen LogP contribution is 2.63. The van der Waals surface area contributed by atoms with E-state index in [0.29, 0.717) is 11.4 Å². The molecule has 0 aliphatic heterocycles. The minimum absolute atomic E-state index is 0.0226. The van der Waals surface area contributed by atoms with Gasteiger partial charge in [-0.3, -0.25) is 24.3 Å². The zero-order chi connectivity index (χ0) is 21.0. The van der Waals surface area contributed by atoms with Crippen LogP contribution in [0.3, 0.4) is 0 Å². The minimum Gasteiger partial charge on any atom is -0.289 e. The number of benzene rings is 1. The van der Waals surface area contributed by atoms with E-state index >= 15 is 0 Å². The van der Waals surface area contributed by atoms with Crippen molar-refractivity contribution in [1.29, 1.82) is 0 Å². The van der Waals surface area contributed by atoms with Crippen LogP contribution in [-0.4, -0.2) is 26.1 Å². The summed E-state index contributed by atoms with van der Waals surface area (Å²) >= 11 is 0. The number of rotatable bonds is 4. The summed E-state index contributed by atoms with van der Waals surface area (Å²) in [4.78, 5) is 39.5. The third-order valence-corrected chi connectivity index (χ3v) is 7.16. The van der Waals surface area contributed by atoms with Crippen molar-refractivity contribution >= 4 is 28.2 Å². The van der Waals surface area contributed by atoms with Gasteiger partial charge in [-0.25, -0.2) is 10.4 Å². The van der Waals surface area contributed by atoms with E-state index in [1.54, 1.807) is 0 Å². The number of hydrazone groups is 1. The quantitative estimate of drug-likeness (QED) is 0.628. The number of carbonyl (C=O) groups excluding carboxylic acids is 1. The summed E-state index contributed by atoms with van der Waals surface area (Å²) in [6, 6.07) is 3.89. The SMILES string of the molecule is CC12CCC(C/C1=N/NC(=O)Cn1cnc3ccc([N+](=O)[O-])cc3c1=O)C2(C)C. The number of amides is 1.